The number of carbonyl (C=O) groups excluding carboxylic acids is 1. The second-order valence-electron chi connectivity index (χ2n) is 4.98. The molecule has 0 saturated heterocycles. The van der Waals surface area contributed by atoms with Gasteiger partial charge in [-0.3, -0.25) is 9.59 Å². The minimum atomic E-state index is -0.726. The number of carboxylic acid groups (broad SMARTS) is 1. The second kappa shape index (κ2) is 8.87. The highest BCUT2D eigenvalue weighted by atomic mass is 16.5. The molecule has 0 aromatic carbocycles. The summed E-state index contributed by atoms with van der Waals surface area (Å²) in [7, 11) is 1.63. The van der Waals surface area contributed by atoms with Crippen LogP contribution in [0.1, 0.15) is 32.1 Å². The molecule has 6 heteroatoms. The first kappa shape index (κ1) is 15.9. The van der Waals surface area contributed by atoms with Gasteiger partial charge < -0.3 is 20.5 Å². The summed E-state index contributed by atoms with van der Waals surface area (Å²) in [5, 5.41) is 14.9. The van der Waals surface area contributed by atoms with E-state index in [2.05, 4.69) is 10.6 Å². The molecule has 0 bridgehead atoms. The lowest BCUT2D eigenvalue weighted by Gasteiger charge is -2.27. The van der Waals surface area contributed by atoms with Crippen LogP contribution in [0.2, 0.25) is 0 Å². The minimum Gasteiger partial charge on any atom is -0.481 e. The number of hydrogen-bond acceptors (Lipinski definition) is 4. The van der Waals surface area contributed by atoms with Gasteiger partial charge in [0.25, 0.3) is 0 Å². The maximum Gasteiger partial charge on any atom is 0.306 e. The molecule has 1 rings (SSSR count). The monoisotopic (exact) mass is 272 g/mol. The van der Waals surface area contributed by atoms with Gasteiger partial charge in [0.15, 0.2) is 0 Å². The van der Waals surface area contributed by atoms with Crippen LogP contribution >= 0.6 is 0 Å². The van der Waals surface area contributed by atoms with Gasteiger partial charge in [0.2, 0.25) is 5.91 Å². The quantitative estimate of drug-likeness (QED) is 0.556. The number of rotatable bonds is 8. The Labute approximate surface area is 113 Å². The summed E-state index contributed by atoms with van der Waals surface area (Å²) in [6.07, 6.45) is 4.01. The molecule has 6 nitrogen and oxygen atoms in total. The van der Waals surface area contributed by atoms with Crippen LogP contribution in [-0.2, 0) is 14.3 Å². The number of ether oxygens (including phenoxy) is 1. The molecule has 0 aliphatic heterocycles. The molecule has 2 atom stereocenters. The van der Waals surface area contributed by atoms with Crippen molar-refractivity contribution in [3.05, 3.63) is 0 Å². The molecule has 1 aliphatic carbocycles. The summed E-state index contributed by atoms with van der Waals surface area (Å²) >= 11 is 0. The molecule has 0 radical (unpaired) electrons. The first-order valence-corrected chi connectivity index (χ1v) is 6.85. The summed E-state index contributed by atoms with van der Waals surface area (Å²) in [6, 6.07) is 0.138. The van der Waals surface area contributed by atoms with E-state index in [0.29, 0.717) is 19.6 Å². The average molecular weight is 272 g/mol. The van der Waals surface area contributed by atoms with E-state index in [0.717, 1.165) is 25.7 Å². The van der Waals surface area contributed by atoms with Crippen molar-refractivity contribution in [3.8, 4) is 0 Å². The molecule has 0 aromatic rings. The van der Waals surface area contributed by atoms with Gasteiger partial charge in [-0.2, -0.15) is 0 Å². The van der Waals surface area contributed by atoms with Crippen molar-refractivity contribution in [2.24, 2.45) is 5.92 Å². The van der Waals surface area contributed by atoms with E-state index >= 15 is 0 Å². The van der Waals surface area contributed by atoms with Gasteiger partial charge in [0, 0.05) is 26.3 Å². The Morgan fingerprint density at radius 3 is 2.84 bits per heavy atom. The highest BCUT2D eigenvalue weighted by Crippen LogP contribution is 2.24. The first-order valence-electron chi connectivity index (χ1n) is 6.85. The molecule has 0 spiro atoms. The smallest absolute Gasteiger partial charge is 0.306 e. The van der Waals surface area contributed by atoms with Crippen LogP contribution in [0, 0.1) is 5.92 Å². The van der Waals surface area contributed by atoms with Crippen LogP contribution in [0.25, 0.3) is 0 Å². The molecule has 19 heavy (non-hydrogen) atoms. The number of nitrogens with one attached hydrogen (secondary N) is 2. The molecule has 1 fully saturated rings. The SMILES string of the molecule is COCCCNC(=O)CNC1CCCC(C(=O)O)C1. The lowest BCUT2D eigenvalue weighted by Crippen LogP contribution is -2.42. The van der Waals surface area contributed by atoms with Crippen LogP contribution in [-0.4, -0.2) is 49.8 Å². The Hall–Kier alpha value is -1.14. The van der Waals surface area contributed by atoms with E-state index in [-0.39, 0.29) is 24.4 Å². The van der Waals surface area contributed by atoms with Crippen LogP contribution < -0.4 is 10.6 Å². The van der Waals surface area contributed by atoms with Gasteiger partial charge in [-0.05, 0) is 25.7 Å². The van der Waals surface area contributed by atoms with Gasteiger partial charge in [0.05, 0.1) is 12.5 Å². The first-order chi connectivity index (χ1) is 9.13. The van der Waals surface area contributed by atoms with E-state index in [1.54, 1.807) is 7.11 Å². The van der Waals surface area contributed by atoms with Crippen LogP contribution in [0.15, 0.2) is 0 Å². The Kier molecular flexibility index (Phi) is 7.43. The molecule has 1 amide bonds. The third-order valence-electron chi connectivity index (χ3n) is 3.42. The van der Waals surface area contributed by atoms with Gasteiger partial charge in [-0.15, -0.1) is 0 Å². The highest BCUT2D eigenvalue weighted by molar-refractivity contribution is 5.78. The summed E-state index contributed by atoms with van der Waals surface area (Å²) in [6.45, 7) is 1.50. The largest absolute Gasteiger partial charge is 0.481 e. The fourth-order valence-corrected chi connectivity index (χ4v) is 2.34. The number of aliphatic carboxylic acids is 1. The molecule has 2 unspecified atom stereocenters. The Balaban J connectivity index is 2.13. The summed E-state index contributed by atoms with van der Waals surface area (Å²) in [4.78, 5) is 22.5. The Morgan fingerprint density at radius 1 is 1.37 bits per heavy atom. The van der Waals surface area contributed by atoms with Gasteiger partial charge in [0.1, 0.15) is 0 Å². The van der Waals surface area contributed by atoms with E-state index in [1.807, 2.05) is 0 Å². The van der Waals surface area contributed by atoms with E-state index in [9.17, 15) is 9.59 Å². The summed E-state index contributed by atoms with van der Waals surface area (Å²) < 4.78 is 4.89. The van der Waals surface area contributed by atoms with E-state index in [4.69, 9.17) is 9.84 Å². The standard InChI is InChI=1S/C13H24N2O4/c1-19-7-3-6-14-12(16)9-15-11-5-2-4-10(8-11)13(17)18/h10-11,15H,2-9H2,1H3,(H,14,16)(H,17,18). The summed E-state index contributed by atoms with van der Waals surface area (Å²) in [5.41, 5.74) is 0. The van der Waals surface area contributed by atoms with Crippen molar-refractivity contribution in [1.29, 1.82) is 0 Å². The molecule has 0 aromatic heterocycles. The topological polar surface area (TPSA) is 87.7 Å². The number of methoxy groups -OCH3 is 1. The maximum atomic E-state index is 11.5. The molecular formula is C13H24N2O4. The predicted molar refractivity (Wildman–Crippen MR) is 70.9 cm³/mol. The lowest BCUT2D eigenvalue weighted by atomic mass is 9.86. The van der Waals surface area contributed by atoms with E-state index in [1.165, 1.54) is 0 Å². The second-order valence-corrected chi connectivity index (χ2v) is 4.98. The minimum absolute atomic E-state index is 0.0476. The maximum absolute atomic E-state index is 11.5. The Morgan fingerprint density at radius 2 is 2.16 bits per heavy atom. The van der Waals surface area contributed by atoms with Crippen LogP contribution in [0.4, 0.5) is 0 Å². The molecular weight excluding hydrogens is 248 g/mol. The van der Waals surface area contributed by atoms with Crippen LogP contribution in [0.5, 0.6) is 0 Å². The van der Waals surface area contributed by atoms with Gasteiger partial charge >= 0.3 is 5.97 Å². The zero-order valence-electron chi connectivity index (χ0n) is 11.5. The van der Waals surface area contributed by atoms with Crippen molar-refractivity contribution in [2.75, 3.05) is 26.8 Å². The fraction of sp³-hybridized carbons (Fsp3) is 0.846. The molecule has 0 heterocycles. The van der Waals surface area contributed by atoms with Crippen molar-refractivity contribution >= 4 is 11.9 Å². The molecule has 1 aliphatic rings. The normalized spacial score (nSPS) is 23.0. The van der Waals surface area contributed by atoms with Crippen molar-refractivity contribution < 1.29 is 19.4 Å². The molecule has 1 saturated carbocycles. The predicted octanol–water partition coefficient (Wildman–Crippen LogP) is 0.372. The lowest BCUT2D eigenvalue weighted by molar-refractivity contribution is -0.143. The van der Waals surface area contributed by atoms with Gasteiger partial charge in [-0.1, -0.05) is 6.42 Å². The number of amides is 1. The number of carboxylic acids is 1. The fourth-order valence-electron chi connectivity index (χ4n) is 2.34. The Bertz CT molecular complexity index is 296. The molecule has 110 valence electrons. The van der Waals surface area contributed by atoms with Crippen molar-refractivity contribution in [1.82, 2.24) is 10.6 Å². The van der Waals surface area contributed by atoms with Crippen LogP contribution in [0.3, 0.4) is 0 Å². The third kappa shape index (κ3) is 6.54. The zero-order chi connectivity index (χ0) is 14.1. The highest BCUT2D eigenvalue weighted by Gasteiger charge is 2.26. The van der Waals surface area contributed by atoms with Crippen molar-refractivity contribution in [3.63, 3.8) is 0 Å². The van der Waals surface area contributed by atoms with Crippen molar-refractivity contribution in [2.45, 2.75) is 38.1 Å². The van der Waals surface area contributed by atoms with Gasteiger partial charge in [-0.25, -0.2) is 0 Å². The number of carbonyl (C=O) groups is 2. The third-order valence-corrected chi connectivity index (χ3v) is 3.42. The molecule has 3 N–H and O–H groups in total. The summed E-state index contributed by atoms with van der Waals surface area (Å²) in [5.74, 6) is -1.04. The van der Waals surface area contributed by atoms with E-state index < -0.39 is 5.97 Å². The average Bonchev–Trinajstić information content (AvgIpc) is 2.41. The number of hydrogen-bond donors (Lipinski definition) is 3. The zero-order valence-corrected chi connectivity index (χ0v) is 11.5.